The van der Waals surface area contributed by atoms with Gasteiger partial charge in [-0.25, -0.2) is 0 Å². The number of aryl methyl sites for hydroxylation is 2. The second-order valence-electron chi connectivity index (χ2n) is 6.34. The van der Waals surface area contributed by atoms with E-state index in [0.29, 0.717) is 19.0 Å². The van der Waals surface area contributed by atoms with Gasteiger partial charge in [-0.05, 0) is 64.3 Å². The summed E-state index contributed by atoms with van der Waals surface area (Å²) >= 11 is 0. The zero-order valence-corrected chi connectivity index (χ0v) is 13.6. The van der Waals surface area contributed by atoms with Crippen LogP contribution < -0.4 is 5.32 Å². The quantitative estimate of drug-likeness (QED) is 0.872. The fourth-order valence-electron chi connectivity index (χ4n) is 3.03. The van der Waals surface area contributed by atoms with Crippen LogP contribution in [0, 0.1) is 13.8 Å². The van der Waals surface area contributed by atoms with Gasteiger partial charge in [0, 0.05) is 19.0 Å². The smallest absolute Gasteiger partial charge is 0.220 e. The number of carbonyl (C=O) groups excluding carboxylic acids is 1. The Hall–Kier alpha value is -1.35. The van der Waals surface area contributed by atoms with Gasteiger partial charge in [0.25, 0.3) is 0 Å². The maximum absolute atomic E-state index is 12.0. The van der Waals surface area contributed by atoms with E-state index < -0.39 is 0 Å². The molecule has 0 bridgehead atoms. The van der Waals surface area contributed by atoms with Gasteiger partial charge < -0.3 is 10.2 Å². The van der Waals surface area contributed by atoms with Gasteiger partial charge in [-0.3, -0.25) is 4.79 Å². The maximum Gasteiger partial charge on any atom is 0.220 e. The molecule has 0 aliphatic carbocycles. The molecule has 0 aromatic heterocycles. The fraction of sp³-hybridized carbons (Fsp3) is 0.611. The summed E-state index contributed by atoms with van der Waals surface area (Å²) in [5.41, 5.74) is 3.73. The molecule has 1 saturated heterocycles. The first-order chi connectivity index (χ1) is 10.1. The Kier molecular flexibility index (Phi) is 5.80. The highest BCUT2D eigenvalue weighted by atomic mass is 16.1. The van der Waals surface area contributed by atoms with Gasteiger partial charge in [0.05, 0.1) is 0 Å². The minimum absolute atomic E-state index is 0.168. The average molecular weight is 288 g/mol. The topological polar surface area (TPSA) is 32.3 Å². The normalized spacial score (nSPS) is 16.9. The van der Waals surface area contributed by atoms with Crippen molar-refractivity contribution in [3.8, 4) is 0 Å². The summed E-state index contributed by atoms with van der Waals surface area (Å²) in [6.45, 7) is 9.47. The molecule has 2 rings (SSSR count). The molecular weight excluding hydrogens is 260 g/mol. The van der Waals surface area contributed by atoms with Crippen molar-refractivity contribution in [2.24, 2.45) is 0 Å². The molecule has 0 radical (unpaired) electrons. The van der Waals surface area contributed by atoms with Crippen molar-refractivity contribution in [3.05, 3.63) is 34.9 Å². The molecule has 1 aromatic carbocycles. The molecule has 3 heteroatoms. The van der Waals surface area contributed by atoms with Crippen molar-refractivity contribution in [2.75, 3.05) is 13.1 Å². The van der Waals surface area contributed by atoms with Crippen LogP contribution in [0.4, 0.5) is 0 Å². The van der Waals surface area contributed by atoms with E-state index in [9.17, 15) is 4.79 Å². The summed E-state index contributed by atoms with van der Waals surface area (Å²) in [4.78, 5) is 14.5. The molecule has 0 saturated carbocycles. The molecule has 1 aliphatic rings. The van der Waals surface area contributed by atoms with Crippen LogP contribution in [0.2, 0.25) is 0 Å². The van der Waals surface area contributed by atoms with Crippen molar-refractivity contribution in [1.82, 2.24) is 10.2 Å². The third kappa shape index (κ3) is 4.85. The Labute approximate surface area is 128 Å². The van der Waals surface area contributed by atoms with Crippen molar-refractivity contribution in [2.45, 2.75) is 59.0 Å². The molecule has 0 spiro atoms. The molecule has 1 atom stereocenters. The minimum Gasteiger partial charge on any atom is -0.352 e. The Balaban J connectivity index is 1.71. The van der Waals surface area contributed by atoms with Crippen molar-refractivity contribution < 1.29 is 4.79 Å². The van der Waals surface area contributed by atoms with Crippen molar-refractivity contribution in [1.29, 1.82) is 0 Å². The van der Waals surface area contributed by atoms with Crippen LogP contribution in [0.3, 0.4) is 0 Å². The van der Waals surface area contributed by atoms with Gasteiger partial charge in [0.2, 0.25) is 5.91 Å². The largest absolute Gasteiger partial charge is 0.352 e. The number of benzene rings is 1. The second kappa shape index (κ2) is 7.60. The van der Waals surface area contributed by atoms with Gasteiger partial charge in [-0.2, -0.15) is 0 Å². The summed E-state index contributed by atoms with van der Waals surface area (Å²) in [5, 5.41) is 3.05. The molecule has 1 amide bonds. The van der Waals surface area contributed by atoms with E-state index >= 15 is 0 Å². The molecule has 1 heterocycles. The third-order valence-corrected chi connectivity index (χ3v) is 4.53. The summed E-state index contributed by atoms with van der Waals surface area (Å²) in [7, 11) is 0. The number of nitrogens with one attached hydrogen (secondary N) is 1. The molecule has 1 aliphatic heterocycles. The van der Waals surface area contributed by atoms with E-state index in [4.69, 9.17) is 0 Å². The average Bonchev–Trinajstić information content (AvgIpc) is 2.98. The lowest BCUT2D eigenvalue weighted by Crippen LogP contribution is -2.32. The Morgan fingerprint density at radius 3 is 2.67 bits per heavy atom. The lowest BCUT2D eigenvalue weighted by Gasteiger charge is -2.23. The highest BCUT2D eigenvalue weighted by Crippen LogP contribution is 2.15. The van der Waals surface area contributed by atoms with Crippen LogP contribution in [-0.2, 0) is 11.3 Å². The maximum atomic E-state index is 12.0. The molecule has 21 heavy (non-hydrogen) atoms. The lowest BCUT2D eigenvalue weighted by atomic mass is 10.1. The molecule has 1 fully saturated rings. The SMILES string of the molecule is Cc1ccc(CNC(=O)CCC(C)N2CCCC2)c(C)c1. The lowest BCUT2D eigenvalue weighted by molar-refractivity contribution is -0.121. The summed E-state index contributed by atoms with van der Waals surface area (Å²) in [6, 6.07) is 6.90. The number of nitrogens with zero attached hydrogens (tertiary/aromatic N) is 1. The van der Waals surface area contributed by atoms with Crippen molar-refractivity contribution in [3.63, 3.8) is 0 Å². The first kappa shape index (κ1) is 16.0. The number of carbonyl (C=O) groups is 1. The first-order valence-corrected chi connectivity index (χ1v) is 8.13. The molecule has 3 nitrogen and oxygen atoms in total. The van der Waals surface area contributed by atoms with Gasteiger partial charge in [-0.15, -0.1) is 0 Å². The molecule has 1 aromatic rings. The van der Waals surface area contributed by atoms with Crippen LogP contribution in [0.25, 0.3) is 0 Å². The number of hydrogen-bond donors (Lipinski definition) is 1. The van der Waals surface area contributed by atoms with E-state index in [2.05, 4.69) is 49.2 Å². The molecular formula is C18H28N2O. The predicted molar refractivity (Wildman–Crippen MR) is 87.3 cm³/mol. The van der Waals surface area contributed by atoms with Gasteiger partial charge >= 0.3 is 0 Å². The molecule has 1 unspecified atom stereocenters. The van der Waals surface area contributed by atoms with Gasteiger partial charge in [0.15, 0.2) is 0 Å². The van der Waals surface area contributed by atoms with Gasteiger partial charge in [-0.1, -0.05) is 23.8 Å². The van der Waals surface area contributed by atoms with Crippen LogP contribution in [-0.4, -0.2) is 29.9 Å². The predicted octanol–water partition coefficient (Wildman–Crippen LogP) is 3.18. The number of likely N-dealkylation sites (tertiary alicyclic amines) is 1. The highest BCUT2D eigenvalue weighted by molar-refractivity contribution is 5.75. The van der Waals surface area contributed by atoms with Gasteiger partial charge in [0.1, 0.15) is 0 Å². The Bertz CT molecular complexity index is 478. The Morgan fingerprint density at radius 2 is 2.00 bits per heavy atom. The summed E-state index contributed by atoms with van der Waals surface area (Å²) in [5.74, 6) is 0.168. The standard InChI is InChI=1S/C18H28N2O/c1-14-6-8-17(15(2)12-14)13-19-18(21)9-7-16(3)20-10-4-5-11-20/h6,8,12,16H,4-5,7,9-11,13H2,1-3H3,(H,19,21). The third-order valence-electron chi connectivity index (χ3n) is 4.53. The molecule has 116 valence electrons. The second-order valence-corrected chi connectivity index (χ2v) is 6.34. The van der Waals surface area contributed by atoms with Crippen molar-refractivity contribution >= 4 is 5.91 Å². The zero-order valence-electron chi connectivity index (χ0n) is 13.6. The van der Waals surface area contributed by atoms with E-state index in [0.717, 1.165) is 6.42 Å². The van der Waals surface area contributed by atoms with Crippen LogP contribution >= 0.6 is 0 Å². The Morgan fingerprint density at radius 1 is 1.29 bits per heavy atom. The highest BCUT2D eigenvalue weighted by Gasteiger charge is 2.18. The fourth-order valence-corrected chi connectivity index (χ4v) is 3.03. The monoisotopic (exact) mass is 288 g/mol. The zero-order chi connectivity index (χ0) is 15.2. The van der Waals surface area contributed by atoms with E-state index in [1.807, 2.05) is 0 Å². The van der Waals surface area contributed by atoms with E-state index in [1.165, 1.54) is 42.6 Å². The first-order valence-electron chi connectivity index (χ1n) is 8.13. The van der Waals surface area contributed by atoms with E-state index in [1.54, 1.807) is 0 Å². The van der Waals surface area contributed by atoms with Crippen LogP contribution in [0.1, 0.15) is 49.3 Å². The minimum atomic E-state index is 0.168. The number of amides is 1. The van der Waals surface area contributed by atoms with Crippen LogP contribution in [0.5, 0.6) is 0 Å². The number of hydrogen-bond acceptors (Lipinski definition) is 2. The summed E-state index contributed by atoms with van der Waals surface area (Å²) in [6.07, 6.45) is 4.20. The number of rotatable bonds is 6. The summed E-state index contributed by atoms with van der Waals surface area (Å²) < 4.78 is 0. The van der Waals surface area contributed by atoms with Crippen LogP contribution in [0.15, 0.2) is 18.2 Å². The molecule has 1 N–H and O–H groups in total. The van der Waals surface area contributed by atoms with E-state index in [-0.39, 0.29) is 5.91 Å².